The van der Waals surface area contributed by atoms with Crippen LogP contribution in [0.4, 0.5) is 0 Å². The molecule has 0 N–H and O–H groups in total. The van der Waals surface area contributed by atoms with Crippen molar-refractivity contribution in [1.29, 1.82) is 5.26 Å². The molecule has 23 heavy (non-hydrogen) atoms. The van der Waals surface area contributed by atoms with Gasteiger partial charge in [-0.25, -0.2) is 0 Å². The first-order valence-electron chi connectivity index (χ1n) is 8.25. The number of nitrogens with zero attached hydrogens (tertiary/aromatic N) is 1. The van der Waals surface area contributed by atoms with Crippen LogP contribution in [0, 0.1) is 16.7 Å². The number of nitriles is 1. The van der Waals surface area contributed by atoms with Crippen molar-refractivity contribution in [2.24, 2.45) is 5.41 Å². The predicted octanol–water partition coefficient (Wildman–Crippen LogP) is 3.67. The maximum atomic E-state index is 12.6. The van der Waals surface area contributed by atoms with E-state index in [1.54, 1.807) is 0 Å². The smallest absolute Gasteiger partial charge is 0.160 e. The number of hydrogen-bond acceptors (Lipinski definition) is 3. The molecular formula is C20H19NO2. The van der Waals surface area contributed by atoms with Crippen molar-refractivity contribution in [3.05, 3.63) is 58.7 Å². The molecule has 0 saturated carbocycles. The Morgan fingerprint density at radius 3 is 2.87 bits per heavy atom. The molecule has 0 aromatic heterocycles. The van der Waals surface area contributed by atoms with Crippen LogP contribution >= 0.6 is 0 Å². The lowest BCUT2D eigenvalue weighted by Gasteiger charge is -2.35. The summed E-state index contributed by atoms with van der Waals surface area (Å²) in [5, 5.41) is 9.08. The molecule has 1 aromatic rings. The van der Waals surface area contributed by atoms with Crippen LogP contribution in [0.15, 0.2) is 47.6 Å². The summed E-state index contributed by atoms with van der Waals surface area (Å²) in [5.41, 5.74) is 4.10. The van der Waals surface area contributed by atoms with E-state index in [0.29, 0.717) is 17.8 Å². The lowest BCUT2D eigenvalue weighted by Crippen LogP contribution is -2.29. The van der Waals surface area contributed by atoms with Crippen LogP contribution in [-0.2, 0) is 9.53 Å². The number of allylic oxidation sites excluding steroid dienone is 4. The van der Waals surface area contributed by atoms with E-state index < -0.39 is 0 Å². The Morgan fingerprint density at radius 1 is 1.26 bits per heavy atom. The number of carbonyl (C=O) groups is 1. The zero-order chi connectivity index (χ0) is 15.9. The average molecular weight is 305 g/mol. The lowest BCUT2D eigenvalue weighted by atomic mass is 9.72. The standard InChI is InChI=1S/C20H19NO2/c21-13-14-2-1-3-15(10-14)16-4-5-18-17(11-16)19(22)12-20(18)6-8-23-9-7-20/h1-5,10,16H,6-9,11-12H2. The molecule has 1 aliphatic heterocycles. The van der Waals surface area contributed by atoms with E-state index in [9.17, 15) is 4.79 Å². The van der Waals surface area contributed by atoms with E-state index in [4.69, 9.17) is 10.00 Å². The second-order valence-corrected chi connectivity index (χ2v) is 6.79. The largest absolute Gasteiger partial charge is 0.381 e. The molecule has 3 nitrogen and oxygen atoms in total. The summed E-state index contributed by atoms with van der Waals surface area (Å²) in [7, 11) is 0. The Morgan fingerprint density at radius 2 is 2.09 bits per heavy atom. The van der Waals surface area contributed by atoms with Gasteiger partial charge in [0.2, 0.25) is 0 Å². The van der Waals surface area contributed by atoms with E-state index in [1.165, 1.54) is 5.57 Å². The van der Waals surface area contributed by atoms with Gasteiger partial charge in [0.1, 0.15) is 0 Å². The summed E-state index contributed by atoms with van der Waals surface area (Å²) in [6, 6.07) is 9.91. The number of benzene rings is 1. The quantitative estimate of drug-likeness (QED) is 0.795. The van der Waals surface area contributed by atoms with Crippen molar-refractivity contribution in [2.45, 2.75) is 31.6 Å². The second kappa shape index (κ2) is 5.47. The third-order valence-electron chi connectivity index (χ3n) is 5.55. The topological polar surface area (TPSA) is 50.1 Å². The molecule has 0 bridgehead atoms. The molecule has 2 aliphatic carbocycles. The number of rotatable bonds is 1. The Hall–Kier alpha value is -2.18. The highest BCUT2D eigenvalue weighted by molar-refractivity contribution is 6.01. The van der Waals surface area contributed by atoms with Gasteiger partial charge < -0.3 is 4.74 Å². The lowest BCUT2D eigenvalue weighted by molar-refractivity contribution is -0.117. The van der Waals surface area contributed by atoms with Gasteiger partial charge in [-0.1, -0.05) is 24.3 Å². The second-order valence-electron chi connectivity index (χ2n) is 6.79. The van der Waals surface area contributed by atoms with Crippen LogP contribution in [0.1, 0.15) is 42.7 Å². The highest BCUT2D eigenvalue weighted by Gasteiger charge is 2.46. The van der Waals surface area contributed by atoms with E-state index >= 15 is 0 Å². The summed E-state index contributed by atoms with van der Waals surface area (Å²) in [6.07, 6.45) is 7.72. The predicted molar refractivity (Wildman–Crippen MR) is 86.8 cm³/mol. The van der Waals surface area contributed by atoms with Crippen LogP contribution < -0.4 is 0 Å². The summed E-state index contributed by atoms with van der Waals surface area (Å²) < 4.78 is 5.50. The van der Waals surface area contributed by atoms with Crippen molar-refractivity contribution in [3.63, 3.8) is 0 Å². The zero-order valence-corrected chi connectivity index (χ0v) is 13.0. The van der Waals surface area contributed by atoms with Gasteiger partial charge in [0.15, 0.2) is 5.78 Å². The molecule has 0 amide bonds. The molecule has 1 heterocycles. The van der Waals surface area contributed by atoms with Gasteiger partial charge in [-0.3, -0.25) is 4.79 Å². The molecule has 1 fully saturated rings. The first-order chi connectivity index (χ1) is 11.2. The fourth-order valence-corrected chi connectivity index (χ4v) is 4.26. The summed E-state index contributed by atoms with van der Waals surface area (Å²) in [5.74, 6) is 0.508. The summed E-state index contributed by atoms with van der Waals surface area (Å²) in [4.78, 5) is 12.6. The summed E-state index contributed by atoms with van der Waals surface area (Å²) in [6.45, 7) is 1.51. The Bertz CT molecular complexity index is 760. The molecule has 0 radical (unpaired) electrons. The Kier molecular flexibility index (Phi) is 3.43. The molecule has 4 rings (SSSR count). The van der Waals surface area contributed by atoms with E-state index in [0.717, 1.165) is 43.6 Å². The molecule has 116 valence electrons. The maximum Gasteiger partial charge on any atom is 0.160 e. The number of ether oxygens (including phenoxy) is 1. The minimum atomic E-state index is 0.0284. The first kappa shape index (κ1) is 14.4. The zero-order valence-electron chi connectivity index (χ0n) is 13.0. The normalized spacial score (nSPS) is 25.5. The van der Waals surface area contributed by atoms with Gasteiger partial charge in [-0.15, -0.1) is 0 Å². The fraction of sp³-hybridized carbons (Fsp3) is 0.400. The SMILES string of the molecule is N#Cc1cccc(C2C=CC3=C(C2)C(=O)CC32CCOCC2)c1. The van der Waals surface area contributed by atoms with Gasteiger partial charge in [0.05, 0.1) is 11.6 Å². The average Bonchev–Trinajstić information content (AvgIpc) is 2.87. The highest BCUT2D eigenvalue weighted by Crippen LogP contribution is 2.52. The summed E-state index contributed by atoms with van der Waals surface area (Å²) >= 11 is 0. The first-order valence-corrected chi connectivity index (χ1v) is 8.25. The monoisotopic (exact) mass is 305 g/mol. The van der Waals surface area contributed by atoms with Crippen LogP contribution in [0.5, 0.6) is 0 Å². The Labute approximate surface area is 136 Å². The van der Waals surface area contributed by atoms with Crippen LogP contribution in [-0.4, -0.2) is 19.0 Å². The molecule has 1 spiro atoms. The minimum absolute atomic E-state index is 0.0284. The van der Waals surface area contributed by atoms with Crippen molar-refractivity contribution >= 4 is 5.78 Å². The van der Waals surface area contributed by atoms with Crippen molar-refractivity contribution in [3.8, 4) is 6.07 Å². The number of Topliss-reactive ketones (excluding diaryl/α,β-unsaturated/α-hetero) is 1. The van der Waals surface area contributed by atoms with Gasteiger partial charge in [0.25, 0.3) is 0 Å². The number of fused-ring (bicyclic) bond motifs is 1. The molecular weight excluding hydrogens is 286 g/mol. The fourth-order valence-electron chi connectivity index (χ4n) is 4.26. The Balaban J connectivity index is 1.65. The molecule has 1 aromatic carbocycles. The highest BCUT2D eigenvalue weighted by atomic mass is 16.5. The van der Waals surface area contributed by atoms with Gasteiger partial charge in [-0.2, -0.15) is 5.26 Å². The molecule has 1 saturated heterocycles. The van der Waals surface area contributed by atoms with Crippen LogP contribution in [0.25, 0.3) is 0 Å². The van der Waals surface area contributed by atoms with E-state index in [1.807, 2.05) is 24.3 Å². The number of carbonyl (C=O) groups excluding carboxylic acids is 1. The van der Waals surface area contributed by atoms with E-state index in [-0.39, 0.29) is 11.3 Å². The molecule has 1 atom stereocenters. The maximum absolute atomic E-state index is 12.6. The van der Waals surface area contributed by atoms with Crippen molar-refractivity contribution in [2.75, 3.05) is 13.2 Å². The molecule has 1 unspecified atom stereocenters. The third kappa shape index (κ3) is 2.34. The third-order valence-corrected chi connectivity index (χ3v) is 5.55. The van der Waals surface area contributed by atoms with Gasteiger partial charge >= 0.3 is 0 Å². The van der Waals surface area contributed by atoms with Crippen LogP contribution in [0.2, 0.25) is 0 Å². The van der Waals surface area contributed by atoms with Crippen molar-refractivity contribution < 1.29 is 9.53 Å². The van der Waals surface area contributed by atoms with Crippen molar-refractivity contribution in [1.82, 2.24) is 0 Å². The molecule has 3 heteroatoms. The van der Waals surface area contributed by atoms with Gasteiger partial charge in [-0.05, 0) is 48.1 Å². The van der Waals surface area contributed by atoms with Gasteiger partial charge in [0, 0.05) is 31.0 Å². The molecule has 3 aliphatic rings. The van der Waals surface area contributed by atoms with E-state index in [2.05, 4.69) is 18.2 Å². The van der Waals surface area contributed by atoms with Crippen LogP contribution in [0.3, 0.4) is 0 Å². The number of ketones is 1. The minimum Gasteiger partial charge on any atom is -0.381 e. The number of hydrogen-bond donors (Lipinski definition) is 0.